The second-order valence-electron chi connectivity index (χ2n) is 5.84. The van der Waals surface area contributed by atoms with Gasteiger partial charge in [-0.3, -0.25) is 4.57 Å². The van der Waals surface area contributed by atoms with Gasteiger partial charge in [0, 0.05) is 17.6 Å². The number of piperidine rings is 1. The largest absolute Gasteiger partial charge is 0.344 e. The van der Waals surface area contributed by atoms with E-state index < -0.39 is 0 Å². The van der Waals surface area contributed by atoms with Gasteiger partial charge in [-0.25, -0.2) is 0 Å². The van der Waals surface area contributed by atoms with E-state index in [2.05, 4.69) is 57.2 Å². The molecule has 5 nitrogen and oxygen atoms in total. The van der Waals surface area contributed by atoms with E-state index in [1.807, 2.05) is 4.57 Å². The minimum absolute atomic E-state index is 0. The average Bonchev–Trinajstić information content (AvgIpc) is 3.17. The Labute approximate surface area is 148 Å². The van der Waals surface area contributed by atoms with Crippen molar-refractivity contribution in [2.24, 2.45) is 0 Å². The van der Waals surface area contributed by atoms with Crippen LogP contribution in [0.15, 0.2) is 43.1 Å². The summed E-state index contributed by atoms with van der Waals surface area (Å²) in [5, 5.41) is 9.08. The highest BCUT2D eigenvalue weighted by atomic mass is 35.5. The zero-order chi connectivity index (χ0) is 14.2. The Morgan fingerprint density at radius 2 is 1.70 bits per heavy atom. The molecule has 1 fully saturated rings. The Morgan fingerprint density at radius 3 is 2.39 bits per heavy atom. The molecule has 0 aliphatic carbocycles. The number of hydrogen-bond acceptors (Lipinski definition) is 3. The molecule has 3 heterocycles. The lowest BCUT2D eigenvalue weighted by molar-refractivity contribution is 0.224. The number of likely N-dealkylation sites (tertiary alicyclic amines) is 1. The first-order chi connectivity index (χ1) is 10.3. The standard InChI is InChI=1S/C16H19N5.2ClH/c1-19-8-5-13(6-9-19)21-10-7-14-15(3-2-4-16(14)21)20-11-17-18-12-20;;/h2-4,7,10-13H,5-6,8-9H2,1H3;2*1H. The molecular formula is C16H21Cl2N5. The summed E-state index contributed by atoms with van der Waals surface area (Å²) in [4.78, 5) is 2.41. The van der Waals surface area contributed by atoms with Crippen molar-refractivity contribution in [3.05, 3.63) is 43.1 Å². The topological polar surface area (TPSA) is 38.9 Å². The number of nitrogens with zero attached hydrogens (tertiary/aromatic N) is 5. The molecule has 0 amide bonds. The van der Waals surface area contributed by atoms with Crippen molar-refractivity contribution >= 4 is 35.7 Å². The van der Waals surface area contributed by atoms with Crippen molar-refractivity contribution in [1.82, 2.24) is 24.2 Å². The highest BCUT2D eigenvalue weighted by molar-refractivity contribution is 5.88. The molecule has 4 rings (SSSR count). The minimum Gasteiger partial charge on any atom is -0.344 e. The number of fused-ring (bicyclic) bond motifs is 1. The quantitative estimate of drug-likeness (QED) is 0.709. The maximum Gasteiger partial charge on any atom is 0.123 e. The third kappa shape index (κ3) is 3.22. The Bertz CT molecular complexity index is 745. The van der Waals surface area contributed by atoms with Gasteiger partial charge in [-0.1, -0.05) is 6.07 Å². The maximum atomic E-state index is 3.91. The molecule has 0 radical (unpaired) electrons. The van der Waals surface area contributed by atoms with Crippen molar-refractivity contribution in [1.29, 1.82) is 0 Å². The van der Waals surface area contributed by atoms with E-state index >= 15 is 0 Å². The molecule has 0 spiro atoms. The van der Waals surface area contributed by atoms with Crippen molar-refractivity contribution < 1.29 is 0 Å². The van der Waals surface area contributed by atoms with Crippen LogP contribution in [0.3, 0.4) is 0 Å². The molecule has 1 aliphatic rings. The molecular weight excluding hydrogens is 333 g/mol. The van der Waals surface area contributed by atoms with Gasteiger partial charge in [0.05, 0.1) is 11.2 Å². The fourth-order valence-corrected chi connectivity index (χ4v) is 3.31. The predicted molar refractivity (Wildman–Crippen MR) is 97.1 cm³/mol. The van der Waals surface area contributed by atoms with Crippen LogP contribution < -0.4 is 0 Å². The first kappa shape index (κ1) is 17.8. The molecule has 7 heteroatoms. The van der Waals surface area contributed by atoms with E-state index in [0.717, 1.165) is 5.69 Å². The number of halogens is 2. The lowest BCUT2D eigenvalue weighted by Crippen LogP contribution is -2.31. The Morgan fingerprint density at radius 1 is 1.00 bits per heavy atom. The van der Waals surface area contributed by atoms with Crippen molar-refractivity contribution in [3.63, 3.8) is 0 Å². The number of aromatic nitrogens is 4. The maximum absolute atomic E-state index is 3.91. The van der Waals surface area contributed by atoms with Crippen LogP contribution in [0.2, 0.25) is 0 Å². The van der Waals surface area contributed by atoms with Gasteiger partial charge in [0.15, 0.2) is 0 Å². The highest BCUT2D eigenvalue weighted by Crippen LogP contribution is 2.30. The summed E-state index contributed by atoms with van der Waals surface area (Å²) in [5.74, 6) is 0. The summed E-state index contributed by atoms with van der Waals surface area (Å²) in [7, 11) is 2.20. The summed E-state index contributed by atoms with van der Waals surface area (Å²) < 4.78 is 4.41. The van der Waals surface area contributed by atoms with Gasteiger partial charge in [0.25, 0.3) is 0 Å². The molecule has 0 bridgehead atoms. The van der Waals surface area contributed by atoms with Crippen molar-refractivity contribution in [3.8, 4) is 5.69 Å². The molecule has 1 aliphatic heterocycles. The van der Waals surface area contributed by atoms with Crippen molar-refractivity contribution in [2.75, 3.05) is 20.1 Å². The van der Waals surface area contributed by atoms with E-state index in [1.54, 1.807) is 12.7 Å². The summed E-state index contributed by atoms with van der Waals surface area (Å²) in [5.41, 5.74) is 2.44. The molecule has 0 N–H and O–H groups in total. The minimum atomic E-state index is 0. The lowest BCUT2D eigenvalue weighted by Gasteiger charge is -2.30. The fourth-order valence-electron chi connectivity index (χ4n) is 3.31. The number of benzene rings is 1. The van der Waals surface area contributed by atoms with E-state index in [9.17, 15) is 0 Å². The summed E-state index contributed by atoms with van der Waals surface area (Å²) >= 11 is 0. The molecule has 1 saturated heterocycles. The summed E-state index contributed by atoms with van der Waals surface area (Å²) in [6.45, 7) is 2.35. The van der Waals surface area contributed by atoms with Crippen molar-refractivity contribution in [2.45, 2.75) is 18.9 Å². The van der Waals surface area contributed by atoms with Gasteiger partial charge in [-0.2, -0.15) is 0 Å². The van der Waals surface area contributed by atoms with Gasteiger partial charge >= 0.3 is 0 Å². The van der Waals surface area contributed by atoms with Crippen LogP contribution in [0.1, 0.15) is 18.9 Å². The molecule has 124 valence electrons. The number of rotatable bonds is 2. The fraction of sp³-hybridized carbons (Fsp3) is 0.375. The van der Waals surface area contributed by atoms with Gasteiger partial charge in [0.2, 0.25) is 0 Å². The van der Waals surface area contributed by atoms with Crippen LogP contribution in [0.5, 0.6) is 0 Å². The first-order valence-electron chi connectivity index (χ1n) is 7.46. The van der Waals surface area contributed by atoms with Crippen LogP contribution in [0.4, 0.5) is 0 Å². The normalized spacial score (nSPS) is 16.0. The van der Waals surface area contributed by atoms with Crippen LogP contribution in [-0.4, -0.2) is 44.4 Å². The Kier molecular flexibility index (Phi) is 5.68. The van der Waals surface area contributed by atoms with Gasteiger partial charge in [-0.05, 0) is 51.2 Å². The van der Waals surface area contributed by atoms with E-state index in [1.165, 1.54) is 36.8 Å². The SMILES string of the molecule is CN1CCC(n2ccc3c(-n4cnnc4)cccc32)CC1.Cl.Cl. The predicted octanol–water partition coefficient (Wildman–Crippen LogP) is 3.33. The average molecular weight is 354 g/mol. The summed E-state index contributed by atoms with van der Waals surface area (Å²) in [6.07, 6.45) is 8.17. The molecule has 0 atom stereocenters. The van der Waals surface area contributed by atoms with Crippen LogP contribution in [0.25, 0.3) is 16.6 Å². The molecule has 1 aromatic carbocycles. The molecule has 2 aromatic heterocycles. The molecule has 0 unspecified atom stereocenters. The van der Waals surface area contributed by atoms with Crippen LogP contribution in [0, 0.1) is 0 Å². The molecule has 0 saturated carbocycles. The third-order valence-electron chi connectivity index (χ3n) is 4.52. The molecule has 3 aromatic rings. The van der Waals surface area contributed by atoms with Crippen LogP contribution in [-0.2, 0) is 0 Å². The molecule has 23 heavy (non-hydrogen) atoms. The zero-order valence-electron chi connectivity index (χ0n) is 13.0. The van der Waals surface area contributed by atoms with E-state index in [-0.39, 0.29) is 24.8 Å². The first-order valence-corrected chi connectivity index (χ1v) is 7.46. The summed E-state index contributed by atoms with van der Waals surface area (Å²) in [6, 6.07) is 9.26. The van der Waals surface area contributed by atoms with Gasteiger partial charge in [-0.15, -0.1) is 35.0 Å². The van der Waals surface area contributed by atoms with Gasteiger partial charge in [0.1, 0.15) is 12.7 Å². The third-order valence-corrected chi connectivity index (χ3v) is 4.52. The second kappa shape index (κ2) is 7.34. The van der Waals surface area contributed by atoms with E-state index in [0.29, 0.717) is 6.04 Å². The number of hydrogen-bond donors (Lipinski definition) is 0. The Hall–Kier alpha value is -1.56. The smallest absolute Gasteiger partial charge is 0.123 e. The second-order valence-corrected chi connectivity index (χ2v) is 5.84. The Balaban J connectivity index is 0.000000960. The lowest BCUT2D eigenvalue weighted by atomic mass is 10.1. The van der Waals surface area contributed by atoms with Crippen LogP contribution >= 0.6 is 24.8 Å². The van der Waals surface area contributed by atoms with Gasteiger partial charge < -0.3 is 9.47 Å². The monoisotopic (exact) mass is 353 g/mol. The van der Waals surface area contributed by atoms with E-state index in [4.69, 9.17) is 0 Å². The zero-order valence-corrected chi connectivity index (χ0v) is 14.6. The highest BCUT2D eigenvalue weighted by Gasteiger charge is 2.19.